The Hall–Kier alpha value is -1.06. The van der Waals surface area contributed by atoms with E-state index >= 15 is 0 Å². The first-order valence-electron chi connectivity index (χ1n) is 7.62. The molecule has 1 unspecified atom stereocenters. The Morgan fingerprint density at radius 1 is 1.25 bits per heavy atom. The second kappa shape index (κ2) is 8.98. The quantitative estimate of drug-likeness (QED) is 0.750. The van der Waals surface area contributed by atoms with Crippen LogP contribution in [0.3, 0.4) is 0 Å². The average molecular weight is 278 g/mol. The van der Waals surface area contributed by atoms with Crippen molar-refractivity contribution in [2.45, 2.75) is 33.2 Å². The molecule has 0 heterocycles. The fraction of sp³-hybridized carbons (Fsp3) is 0.647. The topological polar surface area (TPSA) is 24.5 Å². The standard InChI is InChI=1S/C17H30N2O/c1-6-10-18-17(13-19(4)12-14(2)3)15-8-7-9-16(11-15)20-5/h7-9,11,14,17-18H,6,10,12-13H2,1-5H3. The Labute approximate surface area is 124 Å². The monoisotopic (exact) mass is 278 g/mol. The zero-order valence-corrected chi connectivity index (χ0v) is 13.6. The van der Waals surface area contributed by atoms with E-state index in [0.717, 1.165) is 31.8 Å². The van der Waals surface area contributed by atoms with Crippen molar-refractivity contribution >= 4 is 0 Å². The first kappa shape index (κ1) is 17.0. The number of hydrogen-bond donors (Lipinski definition) is 1. The van der Waals surface area contributed by atoms with E-state index in [1.165, 1.54) is 5.56 Å². The normalized spacial score (nSPS) is 12.9. The van der Waals surface area contributed by atoms with Crippen LogP contribution in [0.2, 0.25) is 0 Å². The van der Waals surface area contributed by atoms with Gasteiger partial charge in [-0.2, -0.15) is 0 Å². The molecule has 0 spiro atoms. The highest BCUT2D eigenvalue weighted by atomic mass is 16.5. The van der Waals surface area contributed by atoms with Crippen LogP contribution in [0.1, 0.15) is 38.8 Å². The largest absolute Gasteiger partial charge is 0.497 e. The summed E-state index contributed by atoms with van der Waals surface area (Å²) in [5.41, 5.74) is 1.30. The number of benzene rings is 1. The molecule has 1 aromatic carbocycles. The number of methoxy groups -OCH3 is 1. The number of nitrogens with one attached hydrogen (secondary N) is 1. The zero-order chi connectivity index (χ0) is 15.0. The molecule has 0 saturated heterocycles. The molecule has 0 aliphatic rings. The molecule has 0 aliphatic carbocycles. The van der Waals surface area contributed by atoms with Gasteiger partial charge in [0.05, 0.1) is 7.11 Å². The van der Waals surface area contributed by atoms with Crippen LogP contribution in [0.4, 0.5) is 0 Å². The van der Waals surface area contributed by atoms with Crippen molar-refractivity contribution in [1.82, 2.24) is 10.2 Å². The van der Waals surface area contributed by atoms with Gasteiger partial charge in [-0.1, -0.05) is 32.9 Å². The Kier molecular flexibility index (Phi) is 7.63. The molecule has 1 aromatic rings. The van der Waals surface area contributed by atoms with Crippen LogP contribution in [-0.2, 0) is 0 Å². The molecule has 1 N–H and O–H groups in total. The van der Waals surface area contributed by atoms with Gasteiger partial charge < -0.3 is 15.0 Å². The minimum Gasteiger partial charge on any atom is -0.497 e. The number of likely N-dealkylation sites (N-methyl/N-ethyl adjacent to an activating group) is 1. The lowest BCUT2D eigenvalue weighted by atomic mass is 10.1. The predicted molar refractivity (Wildman–Crippen MR) is 86.4 cm³/mol. The lowest BCUT2D eigenvalue weighted by Crippen LogP contribution is -2.35. The molecular formula is C17H30N2O. The molecule has 1 rings (SSSR count). The molecule has 1 atom stereocenters. The minimum absolute atomic E-state index is 0.355. The third-order valence-electron chi connectivity index (χ3n) is 3.31. The summed E-state index contributed by atoms with van der Waals surface area (Å²) >= 11 is 0. The first-order chi connectivity index (χ1) is 9.56. The highest BCUT2D eigenvalue weighted by Crippen LogP contribution is 2.20. The van der Waals surface area contributed by atoms with Crippen LogP contribution in [0.15, 0.2) is 24.3 Å². The number of hydrogen-bond acceptors (Lipinski definition) is 3. The van der Waals surface area contributed by atoms with Crippen LogP contribution in [0.25, 0.3) is 0 Å². The maximum atomic E-state index is 5.34. The fourth-order valence-corrected chi connectivity index (χ4v) is 2.47. The van der Waals surface area contributed by atoms with E-state index in [9.17, 15) is 0 Å². The van der Waals surface area contributed by atoms with Crippen molar-refractivity contribution in [2.75, 3.05) is 33.8 Å². The second-order valence-corrected chi connectivity index (χ2v) is 5.90. The molecule has 0 amide bonds. The van der Waals surface area contributed by atoms with Crippen molar-refractivity contribution in [3.05, 3.63) is 29.8 Å². The van der Waals surface area contributed by atoms with Crippen LogP contribution in [-0.4, -0.2) is 38.7 Å². The molecule has 20 heavy (non-hydrogen) atoms. The molecule has 0 saturated carbocycles. The van der Waals surface area contributed by atoms with Crippen LogP contribution in [0, 0.1) is 5.92 Å². The van der Waals surface area contributed by atoms with Gasteiger partial charge in [-0.3, -0.25) is 0 Å². The lowest BCUT2D eigenvalue weighted by molar-refractivity contribution is 0.262. The number of nitrogens with zero attached hydrogens (tertiary/aromatic N) is 1. The van der Waals surface area contributed by atoms with Gasteiger partial charge in [0.2, 0.25) is 0 Å². The van der Waals surface area contributed by atoms with Gasteiger partial charge in [-0.25, -0.2) is 0 Å². The molecule has 3 heteroatoms. The van der Waals surface area contributed by atoms with Crippen molar-refractivity contribution in [3.63, 3.8) is 0 Å². The maximum absolute atomic E-state index is 5.34. The molecule has 0 aliphatic heterocycles. The summed E-state index contributed by atoms with van der Waals surface area (Å²) in [6, 6.07) is 8.74. The van der Waals surface area contributed by atoms with Gasteiger partial charge >= 0.3 is 0 Å². The predicted octanol–water partition coefficient (Wildman–Crippen LogP) is 3.32. The van der Waals surface area contributed by atoms with E-state index in [4.69, 9.17) is 4.74 Å². The van der Waals surface area contributed by atoms with Gasteiger partial charge in [0.15, 0.2) is 0 Å². The van der Waals surface area contributed by atoms with Gasteiger partial charge in [0.1, 0.15) is 5.75 Å². The van der Waals surface area contributed by atoms with Crippen molar-refractivity contribution in [3.8, 4) is 5.75 Å². The summed E-state index contributed by atoms with van der Waals surface area (Å²) in [6.45, 7) is 9.90. The highest BCUT2D eigenvalue weighted by molar-refractivity contribution is 5.30. The molecule has 0 bridgehead atoms. The zero-order valence-electron chi connectivity index (χ0n) is 13.6. The third-order valence-corrected chi connectivity index (χ3v) is 3.31. The van der Waals surface area contributed by atoms with Gasteiger partial charge in [0.25, 0.3) is 0 Å². The van der Waals surface area contributed by atoms with E-state index in [1.54, 1.807) is 7.11 Å². The van der Waals surface area contributed by atoms with Crippen molar-refractivity contribution in [2.24, 2.45) is 5.92 Å². The summed E-state index contributed by atoms with van der Waals surface area (Å²) < 4.78 is 5.34. The van der Waals surface area contributed by atoms with Crippen molar-refractivity contribution in [1.29, 1.82) is 0 Å². The van der Waals surface area contributed by atoms with Gasteiger partial charge in [-0.05, 0) is 43.6 Å². The summed E-state index contributed by atoms with van der Waals surface area (Å²) in [6.07, 6.45) is 1.15. The molecule has 3 nitrogen and oxygen atoms in total. The summed E-state index contributed by atoms with van der Waals surface area (Å²) in [5.74, 6) is 1.62. The SMILES string of the molecule is CCCNC(CN(C)CC(C)C)c1cccc(OC)c1. The van der Waals surface area contributed by atoms with Crippen molar-refractivity contribution < 1.29 is 4.74 Å². The van der Waals surface area contributed by atoms with Crippen LogP contribution >= 0.6 is 0 Å². The molecule has 0 radical (unpaired) electrons. The van der Waals surface area contributed by atoms with E-state index in [1.807, 2.05) is 6.07 Å². The third kappa shape index (κ3) is 5.93. The van der Waals surface area contributed by atoms with E-state index in [2.05, 4.69) is 56.2 Å². The molecule has 0 fully saturated rings. The Bertz CT molecular complexity index is 379. The maximum Gasteiger partial charge on any atom is 0.119 e. The summed E-state index contributed by atoms with van der Waals surface area (Å²) in [7, 11) is 3.92. The molecule has 114 valence electrons. The average Bonchev–Trinajstić information content (AvgIpc) is 2.42. The molecule has 0 aromatic heterocycles. The summed E-state index contributed by atoms with van der Waals surface area (Å²) in [5, 5.41) is 3.64. The van der Waals surface area contributed by atoms with Gasteiger partial charge in [-0.15, -0.1) is 0 Å². The smallest absolute Gasteiger partial charge is 0.119 e. The highest BCUT2D eigenvalue weighted by Gasteiger charge is 2.14. The number of rotatable bonds is 9. The molecular weight excluding hydrogens is 248 g/mol. The minimum atomic E-state index is 0.355. The Morgan fingerprint density at radius 2 is 2.00 bits per heavy atom. The first-order valence-corrected chi connectivity index (χ1v) is 7.62. The van der Waals surface area contributed by atoms with Gasteiger partial charge in [0, 0.05) is 19.1 Å². The Balaban J connectivity index is 2.76. The Morgan fingerprint density at radius 3 is 2.60 bits per heavy atom. The number of ether oxygens (including phenoxy) is 1. The van der Waals surface area contributed by atoms with E-state index in [0.29, 0.717) is 12.0 Å². The van der Waals surface area contributed by atoms with Crippen LogP contribution < -0.4 is 10.1 Å². The summed E-state index contributed by atoms with van der Waals surface area (Å²) in [4.78, 5) is 2.40. The lowest BCUT2D eigenvalue weighted by Gasteiger charge is -2.26. The fourth-order valence-electron chi connectivity index (χ4n) is 2.47. The second-order valence-electron chi connectivity index (χ2n) is 5.90. The van der Waals surface area contributed by atoms with E-state index in [-0.39, 0.29) is 0 Å². The van der Waals surface area contributed by atoms with E-state index < -0.39 is 0 Å². The van der Waals surface area contributed by atoms with Crippen LogP contribution in [0.5, 0.6) is 5.75 Å².